The van der Waals surface area contributed by atoms with Crippen molar-refractivity contribution in [1.29, 1.82) is 0 Å². The summed E-state index contributed by atoms with van der Waals surface area (Å²) in [6, 6.07) is 8.94. The number of carbonyl (C=O) groups is 1. The van der Waals surface area contributed by atoms with Gasteiger partial charge in [-0.1, -0.05) is 12.8 Å². The van der Waals surface area contributed by atoms with E-state index in [0.717, 1.165) is 80.1 Å². The normalized spacial score (nSPS) is 20.0. The number of hydrogen-bond donors (Lipinski definition) is 2. The molecule has 1 aliphatic carbocycles. The topological polar surface area (TPSA) is 82.7 Å². The molecule has 8 nitrogen and oxygen atoms in total. The Hall–Kier alpha value is -3.10. The number of fused-ring (bicyclic) bond motifs is 1. The maximum absolute atomic E-state index is 13.4. The smallest absolute Gasteiger partial charge is 0.253 e. The lowest BCUT2D eigenvalue weighted by atomic mass is 9.98. The minimum atomic E-state index is 0.0776. The van der Waals surface area contributed by atoms with Gasteiger partial charge >= 0.3 is 0 Å². The number of hydrogen-bond acceptors (Lipinski definition) is 6. The predicted octanol–water partition coefficient (Wildman–Crippen LogP) is 4.53. The number of nitrogens with one attached hydrogen (secondary N) is 2. The third-order valence-corrected chi connectivity index (χ3v) is 8.34. The maximum Gasteiger partial charge on any atom is 0.253 e. The number of benzene rings is 1. The Morgan fingerprint density at radius 2 is 1.84 bits per heavy atom. The first-order chi connectivity index (χ1) is 18.2. The Morgan fingerprint density at radius 3 is 2.59 bits per heavy atom. The molecule has 0 radical (unpaired) electrons. The summed E-state index contributed by atoms with van der Waals surface area (Å²) in [6.45, 7) is 5.20. The molecular weight excluding hydrogens is 466 g/mol. The summed E-state index contributed by atoms with van der Waals surface area (Å²) in [6.07, 6.45) is 10.8. The quantitative estimate of drug-likeness (QED) is 0.514. The number of morpholine rings is 1. The second-order valence-electron chi connectivity index (χ2n) is 10.5. The second kappa shape index (κ2) is 10.7. The summed E-state index contributed by atoms with van der Waals surface area (Å²) in [5, 5.41) is 4.88. The standard InChI is InChI=1S/C29H37N5O3/c1-36-26-18-20(29(35)34-12-9-22(10-13-34)33-14-16-37-17-15-33)6-7-23(26)25-19-31-28-24(8-11-30-28)27(25)32-21-4-2-3-5-21/h6-8,11,18-19,21-22H,2-5,9-10,12-17H2,1H3,(H2,30,31,32). The molecule has 1 saturated carbocycles. The number of aromatic nitrogens is 2. The SMILES string of the molecule is COc1cc(C(=O)N2CCC(N3CCOCC3)CC2)ccc1-c1cnc2[nH]ccc2c1NC1CCCC1. The minimum Gasteiger partial charge on any atom is -0.496 e. The highest BCUT2D eigenvalue weighted by Gasteiger charge is 2.29. The van der Waals surface area contributed by atoms with Crippen LogP contribution in [0.25, 0.3) is 22.2 Å². The monoisotopic (exact) mass is 503 g/mol. The lowest BCUT2D eigenvalue weighted by Gasteiger charge is -2.40. The van der Waals surface area contributed by atoms with Gasteiger partial charge < -0.3 is 24.7 Å². The number of carbonyl (C=O) groups excluding carboxylic acids is 1. The van der Waals surface area contributed by atoms with Gasteiger partial charge in [0, 0.05) is 72.7 Å². The molecule has 0 bridgehead atoms. The Bertz CT molecular complexity index is 1240. The van der Waals surface area contributed by atoms with Crippen LogP contribution in [0.1, 0.15) is 48.9 Å². The molecule has 3 aromatic rings. The molecule has 3 aliphatic rings. The Morgan fingerprint density at radius 1 is 1.05 bits per heavy atom. The van der Waals surface area contributed by atoms with Crippen LogP contribution in [0.2, 0.25) is 0 Å². The minimum absolute atomic E-state index is 0.0776. The fourth-order valence-electron chi connectivity index (χ4n) is 6.25. The first kappa shape index (κ1) is 24.2. The molecule has 3 fully saturated rings. The zero-order valence-electron chi connectivity index (χ0n) is 21.7. The number of likely N-dealkylation sites (tertiary alicyclic amines) is 1. The van der Waals surface area contributed by atoms with Crippen LogP contribution in [-0.2, 0) is 4.74 Å². The molecule has 2 N–H and O–H groups in total. The molecular formula is C29H37N5O3. The van der Waals surface area contributed by atoms with E-state index in [4.69, 9.17) is 9.47 Å². The number of anilines is 1. The Kier molecular flexibility index (Phi) is 7.02. The average molecular weight is 504 g/mol. The molecule has 0 spiro atoms. The van der Waals surface area contributed by atoms with Crippen molar-refractivity contribution in [3.63, 3.8) is 0 Å². The van der Waals surface area contributed by atoms with E-state index in [-0.39, 0.29) is 5.91 Å². The lowest BCUT2D eigenvalue weighted by Crippen LogP contribution is -2.50. The van der Waals surface area contributed by atoms with Gasteiger partial charge in [0.05, 0.1) is 26.0 Å². The summed E-state index contributed by atoms with van der Waals surface area (Å²) in [5.74, 6) is 0.772. The van der Waals surface area contributed by atoms with Gasteiger partial charge in [0.2, 0.25) is 0 Å². The maximum atomic E-state index is 13.4. The molecule has 6 rings (SSSR count). The number of rotatable bonds is 6. The average Bonchev–Trinajstić information content (AvgIpc) is 3.66. The lowest BCUT2D eigenvalue weighted by molar-refractivity contribution is 0.00159. The van der Waals surface area contributed by atoms with E-state index in [1.54, 1.807) is 7.11 Å². The van der Waals surface area contributed by atoms with E-state index in [2.05, 4.69) is 26.3 Å². The third-order valence-electron chi connectivity index (χ3n) is 8.34. The van der Waals surface area contributed by atoms with Crippen molar-refractivity contribution < 1.29 is 14.3 Å². The highest BCUT2D eigenvalue weighted by Crippen LogP contribution is 2.40. The van der Waals surface area contributed by atoms with Crippen molar-refractivity contribution in [2.45, 2.75) is 50.6 Å². The fraction of sp³-hybridized carbons (Fsp3) is 0.517. The number of pyridine rings is 1. The molecule has 8 heteroatoms. The van der Waals surface area contributed by atoms with Crippen molar-refractivity contribution in [2.24, 2.45) is 0 Å². The molecule has 0 atom stereocenters. The van der Waals surface area contributed by atoms with Gasteiger partial charge in [-0.3, -0.25) is 9.69 Å². The summed E-state index contributed by atoms with van der Waals surface area (Å²) in [7, 11) is 1.67. The number of methoxy groups -OCH3 is 1. The van der Waals surface area contributed by atoms with Crippen LogP contribution >= 0.6 is 0 Å². The third kappa shape index (κ3) is 4.92. The van der Waals surface area contributed by atoms with E-state index >= 15 is 0 Å². The van der Waals surface area contributed by atoms with Crippen molar-refractivity contribution >= 4 is 22.6 Å². The molecule has 37 heavy (non-hydrogen) atoms. The number of aromatic amines is 1. The summed E-state index contributed by atoms with van der Waals surface area (Å²) in [4.78, 5) is 25.9. The van der Waals surface area contributed by atoms with Crippen molar-refractivity contribution in [3.8, 4) is 16.9 Å². The van der Waals surface area contributed by atoms with Crippen molar-refractivity contribution in [1.82, 2.24) is 19.8 Å². The number of amides is 1. The second-order valence-corrected chi connectivity index (χ2v) is 10.5. The zero-order chi connectivity index (χ0) is 25.2. The van der Waals surface area contributed by atoms with Crippen LogP contribution in [0.15, 0.2) is 36.7 Å². The molecule has 0 unspecified atom stereocenters. The first-order valence-electron chi connectivity index (χ1n) is 13.7. The van der Waals surface area contributed by atoms with Gasteiger partial charge in [0.1, 0.15) is 11.4 Å². The van der Waals surface area contributed by atoms with Crippen LogP contribution < -0.4 is 10.1 Å². The number of H-pyrrole nitrogens is 1. The van der Waals surface area contributed by atoms with Crippen molar-refractivity contribution in [3.05, 3.63) is 42.2 Å². The number of nitrogens with zero attached hydrogens (tertiary/aromatic N) is 3. The summed E-state index contributed by atoms with van der Waals surface area (Å²) >= 11 is 0. The predicted molar refractivity (Wildman–Crippen MR) is 145 cm³/mol. The summed E-state index contributed by atoms with van der Waals surface area (Å²) in [5.41, 5.74) is 4.57. The van der Waals surface area contributed by atoms with E-state index in [1.807, 2.05) is 35.5 Å². The van der Waals surface area contributed by atoms with Gasteiger partial charge in [0.15, 0.2) is 0 Å². The Balaban J connectivity index is 1.23. The van der Waals surface area contributed by atoms with Gasteiger partial charge in [-0.15, -0.1) is 0 Å². The largest absolute Gasteiger partial charge is 0.496 e. The van der Waals surface area contributed by atoms with E-state index in [1.165, 1.54) is 25.7 Å². The van der Waals surface area contributed by atoms with Gasteiger partial charge in [-0.25, -0.2) is 4.98 Å². The Labute approximate surface area is 218 Å². The van der Waals surface area contributed by atoms with Gasteiger partial charge in [0.25, 0.3) is 5.91 Å². The number of ether oxygens (including phenoxy) is 2. The van der Waals surface area contributed by atoms with Crippen LogP contribution in [0.5, 0.6) is 5.75 Å². The van der Waals surface area contributed by atoms with Crippen LogP contribution in [0, 0.1) is 0 Å². The van der Waals surface area contributed by atoms with E-state index < -0.39 is 0 Å². The van der Waals surface area contributed by atoms with E-state index in [0.29, 0.717) is 23.4 Å². The van der Waals surface area contributed by atoms with Crippen molar-refractivity contribution in [2.75, 3.05) is 51.8 Å². The molecule has 2 aromatic heterocycles. The molecule has 2 saturated heterocycles. The first-order valence-corrected chi connectivity index (χ1v) is 13.7. The summed E-state index contributed by atoms with van der Waals surface area (Å²) < 4.78 is 11.3. The zero-order valence-corrected chi connectivity index (χ0v) is 21.7. The molecule has 1 aromatic carbocycles. The number of piperidine rings is 1. The van der Waals surface area contributed by atoms with Gasteiger partial charge in [-0.05, 0) is 49.9 Å². The molecule has 2 aliphatic heterocycles. The van der Waals surface area contributed by atoms with Crippen LogP contribution in [0.3, 0.4) is 0 Å². The fourth-order valence-corrected chi connectivity index (χ4v) is 6.25. The van der Waals surface area contributed by atoms with Gasteiger partial charge in [-0.2, -0.15) is 0 Å². The van der Waals surface area contributed by atoms with Crippen LogP contribution in [0.4, 0.5) is 5.69 Å². The van der Waals surface area contributed by atoms with E-state index in [9.17, 15) is 4.79 Å². The highest BCUT2D eigenvalue weighted by molar-refractivity contribution is 6.01. The molecule has 1 amide bonds. The van der Waals surface area contributed by atoms with Crippen LogP contribution in [-0.4, -0.2) is 84.3 Å². The highest BCUT2D eigenvalue weighted by atomic mass is 16.5. The molecule has 196 valence electrons. The molecule has 4 heterocycles.